The van der Waals surface area contributed by atoms with E-state index in [1.807, 2.05) is 17.9 Å². The molecule has 0 unspecified atom stereocenters. The Bertz CT molecular complexity index is 820. The fraction of sp³-hybridized carbons (Fsp3) is 0.250. The maximum atomic E-state index is 4.29. The summed E-state index contributed by atoms with van der Waals surface area (Å²) in [6.45, 7) is 1.07. The van der Waals surface area contributed by atoms with E-state index in [1.165, 1.54) is 27.9 Å². The van der Waals surface area contributed by atoms with Crippen molar-refractivity contribution in [2.45, 2.75) is 12.3 Å². The van der Waals surface area contributed by atoms with E-state index in [1.54, 1.807) is 0 Å². The Morgan fingerprint density at radius 1 is 1.00 bits per heavy atom. The summed E-state index contributed by atoms with van der Waals surface area (Å²) in [7, 11) is 4.15. The van der Waals surface area contributed by atoms with Gasteiger partial charge in [0.2, 0.25) is 0 Å². The number of hydrogen-bond donors (Lipinski definition) is 0. The Labute approximate surface area is 137 Å². The van der Waals surface area contributed by atoms with Crippen LogP contribution in [-0.4, -0.2) is 23.4 Å². The van der Waals surface area contributed by atoms with Crippen molar-refractivity contribution in [2.75, 3.05) is 18.5 Å². The average Bonchev–Trinajstić information content (AvgIpc) is 3.01. The molecule has 3 heteroatoms. The number of nitrogens with zero attached hydrogens (tertiary/aromatic N) is 3. The maximum Gasteiger partial charge on any atom is 0.0568 e. The summed E-state index contributed by atoms with van der Waals surface area (Å²) in [5, 5.41) is 4.29. The summed E-state index contributed by atoms with van der Waals surface area (Å²) in [6, 6.07) is 17.6. The minimum atomic E-state index is 0.554. The molecule has 3 aromatic rings. The van der Waals surface area contributed by atoms with E-state index in [-0.39, 0.29) is 0 Å². The quantitative estimate of drug-likeness (QED) is 0.717. The predicted octanol–water partition coefficient (Wildman–Crippen LogP) is 3.86. The molecule has 0 bridgehead atoms. The number of aryl methyl sites for hydroxylation is 1. The molecule has 0 saturated carbocycles. The molecule has 2 heterocycles. The molecule has 0 N–H and O–H groups in total. The number of rotatable bonds is 2. The van der Waals surface area contributed by atoms with Crippen LogP contribution < -0.4 is 4.90 Å². The van der Waals surface area contributed by atoms with Crippen LogP contribution in [0.15, 0.2) is 60.9 Å². The molecule has 0 fully saturated rings. The van der Waals surface area contributed by atoms with Gasteiger partial charge in [-0.2, -0.15) is 5.10 Å². The zero-order valence-electron chi connectivity index (χ0n) is 13.6. The van der Waals surface area contributed by atoms with Gasteiger partial charge in [-0.05, 0) is 35.2 Å². The highest BCUT2D eigenvalue weighted by Crippen LogP contribution is 2.36. The van der Waals surface area contributed by atoms with Crippen LogP contribution in [0.1, 0.15) is 17.0 Å². The highest BCUT2D eigenvalue weighted by atomic mass is 15.2. The lowest BCUT2D eigenvalue weighted by molar-refractivity contribution is 0.639. The summed E-state index contributed by atoms with van der Waals surface area (Å²) in [6.07, 6.45) is 5.10. The van der Waals surface area contributed by atoms with Gasteiger partial charge in [0.25, 0.3) is 0 Å². The molecule has 0 amide bonds. The van der Waals surface area contributed by atoms with E-state index < -0.39 is 0 Å². The van der Waals surface area contributed by atoms with Crippen LogP contribution >= 0.6 is 0 Å². The van der Waals surface area contributed by atoms with Crippen LogP contribution in [0.3, 0.4) is 0 Å². The van der Waals surface area contributed by atoms with Gasteiger partial charge in [-0.25, -0.2) is 0 Å². The van der Waals surface area contributed by atoms with Crippen molar-refractivity contribution in [3.63, 3.8) is 0 Å². The van der Waals surface area contributed by atoms with Crippen molar-refractivity contribution in [3.8, 4) is 11.1 Å². The van der Waals surface area contributed by atoms with Gasteiger partial charge in [-0.1, -0.05) is 36.4 Å². The fourth-order valence-corrected chi connectivity index (χ4v) is 3.58. The Balaban J connectivity index is 1.70. The van der Waals surface area contributed by atoms with E-state index in [4.69, 9.17) is 0 Å². The second kappa shape index (κ2) is 5.58. The zero-order chi connectivity index (χ0) is 15.8. The largest absolute Gasteiger partial charge is 0.374 e. The zero-order valence-corrected chi connectivity index (χ0v) is 13.6. The SMILES string of the molecule is CN1C[C@@H](c2ccccc2)Cc2cc(-c3cnn(C)c3)ccc21. The molecule has 0 aliphatic carbocycles. The topological polar surface area (TPSA) is 21.1 Å². The number of benzene rings is 2. The Kier molecular flexibility index (Phi) is 3.41. The van der Waals surface area contributed by atoms with Crippen LogP contribution in [-0.2, 0) is 13.5 Å². The van der Waals surface area contributed by atoms with Crippen LogP contribution in [0, 0.1) is 0 Å². The molecule has 0 saturated heterocycles. The molecule has 0 radical (unpaired) electrons. The highest BCUT2D eigenvalue weighted by molar-refractivity contribution is 5.69. The standard InChI is InChI=1S/C20H21N3/c1-22-13-18(15-6-4-3-5-7-15)11-17-10-16(8-9-20(17)22)19-12-21-23(2)14-19/h3-10,12,14,18H,11,13H2,1-2H3/t18-/m0/s1. The van der Waals surface area contributed by atoms with Gasteiger partial charge in [-0.3, -0.25) is 4.68 Å². The average molecular weight is 303 g/mol. The smallest absolute Gasteiger partial charge is 0.0568 e. The third-order valence-electron chi connectivity index (χ3n) is 4.76. The number of aromatic nitrogens is 2. The van der Waals surface area contributed by atoms with Gasteiger partial charge < -0.3 is 4.90 Å². The molecule has 2 aromatic carbocycles. The first-order valence-corrected chi connectivity index (χ1v) is 8.09. The lowest BCUT2D eigenvalue weighted by Gasteiger charge is -2.34. The molecule has 4 rings (SSSR count). The van der Waals surface area contributed by atoms with Crippen molar-refractivity contribution >= 4 is 5.69 Å². The van der Waals surface area contributed by atoms with Gasteiger partial charge in [0.05, 0.1) is 6.20 Å². The van der Waals surface area contributed by atoms with E-state index in [2.05, 4.69) is 71.8 Å². The van der Waals surface area contributed by atoms with Crippen molar-refractivity contribution in [3.05, 3.63) is 72.1 Å². The van der Waals surface area contributed by atoms with Gasteiger partial charge in [0.1, 0.15) is 0 Å². The molecule has 1 atom stereocenters. The Hall–Kier alpha value is -2.55. The summed E-state index contributed by atoms with van der Waals surface area (Å²) >= 11 is 0. The first kappa shape index (κ1) is 14.1. The Morgan fingerprint density at radius 2 is 1.83 bits per heavy atom. The molecule has 1 aliphatic heterocycles. The molecule has 3 nitrogen and oxygen atoms in total. The van der Waals surface area contributed by atoms with Crippen LogP contribution in [0.2, 0.25) is 0 Å². The second-order valence-corrected chi connectivity index (χ2v) is 6.44. The van der Waals surface area contributed by atoms with Crippen molar-refractivity contribution < 1.29 is 0 Å². The van der Waals surface area contributed by atoms with Crippen LogP contribution in [0.5, 0.6) is 0 Å². The molecule has 1 aliphatic rings. The first-order valence-electron chi connectivity index (χ1n) is 8.09. The number of fused-ring (bicyclic) bond motifs is 1. The number of hydrogen-bond acceptors (Lipinski definition) is 2. The molecule has 1 aromatic heterocycles. The van der Waals surface area contributed by atoms with Gasteiger partial charge in [-0.15, -0.1) is 0 Å². The normalized spacial score (nSPS) is 17.1. The summed E-state index contributed by atoms with van der Waals surface area (Å²) < 4.78 is 1.85. The van der Waals surface area contributed by atoms with E-state index >= 15 is 0 Å². The van der Waals surface area contributed by atoms with Gasteiger partial charge in [0, 0.05) is 44.0 Å². The summed E-state index contributed by atoms with van der Waals surface area (Å²) in [5.74, 6) is 0.554. The number of likely N-dealkylation sites (N-methyl/N-ethyl adjacent to an activating group) is 1. The van der Waals surface area contributed by atoms with Gasteiger partial charge in [0.15, 0.2) is 0 Å². The van der Waals surface area contributed by atoms with Gasteiger partial charge >= 0.3 is 0 Å². The van der Waals surface area contributed by atoms with Crippen molar-refractivity contribution in [1.29, 1.82) is 0 Å². The molecular weight excluding hydrogens is 282 g/mol. The molecule has 0 spiro atoms. The lowest BCUT2D eigenvalue weighted by Crippen LogP contribution is -2.30. The third-order valence-corrected chi connectivity index (χ3v) is 4.76. The lowest BCUT2D eigenvalue weighted by atomic mass is 9.86. The highest BCUT2D eigenvalue weighted by Gasteiger charge is 2.23. The first-order chi connectivity index (χ1) is 11.2. The van der Waals surface area contributed by atoms with E-state index in [0.717, 1.165) is 13.0 Å². The van der Waals surface area contributed by atoms with Crippen LogP contribution in [0.25, 0.3) is 11.1 Å². The molecule has 116 valence electrons. The Morgan fingerprint density at radius 3 is 2.57 bits per heavy atom. The fourth-order valence-electron chi connectivity index (χ4n) is 3.58. The van der Waals surface area contributed by atoms with E-state index in [0.29, 0.717) is 5.92 Å². The van der Waals surface area contributed by atoms with E-state index in [9.17, 15) is 0 Å². The minimum Gasteiger partial charge on any atom is -0.374 e. The van der Waals surface area contributed by atoms with Crippen molar-refractivity contribution in [2.24, 2.45) is 7.05 Å². The second-order valence-electron chi connectivity index (χ2n) is 6.44. The predicted molar refractivity (Wildman–Crippen MR) is 94.8 cm³/mol. The summed E-state index contributed by atoms with van der Waals surface area (Å²) in [4.78, 5) is 2.38. The van der Waals surface area contributed by atoms with Crippen molar-refractivity contribution in [1.82, 2.24) is 9.78 Å². The molecular formula is C20H21N3. The minimum absolute atomic E-state index is 0.554. The summed E-state index contributed by atoms with van der Waals surface area (Å²) in [5.41, 5.74) is 6.63. The van der Waals surface area contributed by atoms with Crippen LogP contribution in [0.4, 0.5) is 5.69 Å². The monoisotopic (exact) mass is 303 g/mol. The maximum absolute atomic E-state index is 4.29. The molecule has 23 heavy (non-hydrogen) atoms. The number of anilines is 1. The third kappa shape index (κ3) is 2.63.